The normalized spacial score (nSPS) is 12.0. The molecule has 0 amide bonds. The summed E-state index contributed by atoms with van der Waals surface area (Å²) in [6, 6.07) is 4.84. The predicted molar refractivity (Wildman–Crippen MR) is 109 cm³/mol. The predicted octanol–water partition coefficient (Wildman–Crippen LogP) is 4.35. The van der Waals surface area contributed by atoms with Crippen LogP contribution in [0.5, 0.6) is 0 Å². The number of pyridine rings is 1. The number of anilines is 1. The Kier molecular flexibility index (Phi) is 5.31. The van der Waals surface area contributed by atoms with Crippen molar-refractivity contribution >= 4 is 36.5 Å². The Morgan fingerprint density at radius 3 is 2.73 bits per heavy atom. The first-order valence-corrected chi connectivity index (χ1v) is 12.7. The summed E-state index contributed by atoms with van der Waals surface area (Å²) in [6.07, 6.45) is 3.68. The van der Waals surface area contributed by atoms with Crippen LogP contribution in [-0.2, 0) is 11.5 Å². The molecule has 3 rings (SSSR count). The molecule has 3 aromatic rings. The van der Waals surface area contributed by atoms with Gasteiger partial charge in [0.25, 0.3) is 0 Å². The van der Waals surface area contributed by atoms with Gasteiger partial charge in [-0.05, 0) is 30.7 Å². The topological polar surface area (TPSA) is 78.8 Å². The van der Waals surface area contributed by atoms with Crippen molar-refractivity contribution in [1.82, 2.24) is 19.5 Å². The van der Waals surface area contributed by atoms with Crippen LogP contribution in [0.25, 0.3) is 22.2 Å². The van der Waals surface area contributed by atoms with E-state index in [1.807, 2.05) is 29.8 Å². The second kappa shape index (κ2) is 7.34. The van der Waals surface area contributed by atoms with E-state index < -0.39 is 8.07 Å². The summed E-state index contributed by atoms with van der Waals surface area (Å²) in [7, 11) is -1.12. The zero-order valence-electron chi connectivity index (χ0n) is 15.6. The van der Waals surface area contributed by atoms with Crippen LogP contribution in [0, 0.1) is 6.92 Å². The van der Waals surface area contributed by atoms with Crippen molar-refractivity contribution in [3.05, 3.63) is 35.5 Å². The molecule has 138 valence electrons. The van der Waals surface area contributed by atoms with E-state index in [2.05, 4.69) is 34.6 Å². The first-order valence-electron chi connectivity index (χ1n) is 8.57. The van der Waals surface area contributed by atoms with Crippen LogP contribution < -0.4 is 5.73 Å². The van der Waals surface area contributed by atoms with Gasteiger partial charge in [-0.2, -0.15) is 0 Å². The zero-order chi connectivity index (χ0) is 18.9. The van der Waals surface area contributed by atoms with E-state index in [1.54, 1.807) is 6.20 Å². The Hall–Kier alpha value is -1.96. The lowest BCUT2D eigenvalue weighted by molar-refractivity contribution is 0.0899. The van der Waals surface area contributed by atoms with Gasteiger partial charge in [-0.3, -0.25) is 0 Å². The quantitative estimate of drug-likeness (QED) is 0.385. The third-order valence-corrected chi connectivity index (χ3v) is 6.08. The number of nitrogens with zero attached hydrogens (tertiary/aromatic N) is 4. The highest BCUT2D eigenvalue weighted by Crippen LogP contribution is 2.34. The highest BCUT2D eigenvalue weighted by Gasteiger charge is 2.17. The molecular formula is C18H24ClN5OSi. The van der Waals surface area contributed by atoms with Crippen molar-refractivity contribution in [2.75, 3.05) is 12.3 Å². The third-order valence-electron chi connectivity index (χ3n) is 4.10. The summed E-state index contributed by atoms with van der Waals surface area (Å²) in [5, 5.41) is 1.23. The van der Waals surface area contributed by atoms with E-state index in [-0.39, 0.29) is 0 Å². The number of halogens is 1. The summed E-state index contributed by atoms with van der Waals surface area (Å²) in [6.45, 7) is 10.0. The SMILES string of the molecule is Cc1nc(Cl)c2c(-c3ccnc(N)c3)cn(COCC[Si](C)(C)C)c2n1. The number of aromatic nitrogens is 4. The van der Waals surface area contributed by atoms with Crippen LogP contribution in [0.3, 0.4) is 0 Å². The summed E-state index contributed by atoms with van der Waals surface area (Å²) in [5.41, 5.74) is 8.46. The number of ether oxygens (including phenoxy) is 1. The fourth-order valence-electron chi connectivity index (χ4n) is 2.72. The number of fused-ring (bicyclic) bond motifs is 1. The monoisotopic (exact) mass is 389 g/mol. The molecule has 0 aliphatic rings. The van der Waals surface area contributed by atoms with Gasteiger partial charge in [0.1, 0.15) is 29.2 Å². The minimum Gasteiger partial charge on any atom is -0.384 e. The van der Waals surface area contributed by atoms with Crippen molar-refractivity contribution in [2.24, 2.45) is 0 Å². The van der Waals surface area contributed by atoms with Gasteiger partial charge in [-0.1, -0.05) is 31.2 Å². The Morgan fingerprint density at radius 1 is 1.27 bits per heavy atom. The minimum atomic E-state index is -1.12. The molecule has 0 fully saturated rings. The molecule has 0 bridgehead atoms. The van der Waals surface area contributed by atoms with Gasteiger partial charge in [-0.15, -0.1) is 0 Å². The molecule has 0 unspecified atom stereocenters. The average molecular weight is 390 g/mol. The van der Waals surface area contributed by atoms with Gasteiger partial charge in [0.15, 0.2) is 0 Å². The first kappa shape index (κ1) is 18.8. The van der Waals surface area contributed by atoms with Gasteiger partial charge in [-0.25, -0.2) is 15.0 Å². The van der Waals surface area contributed by atoms with Crippen molar-refractivity contribution in [3.8, 4) is 11.1 Å². The second-order valence-electron chi connectivity index (χ2n) is 7.59. The molecule has 8 heteroatoms. The molecule has 2 N–H and O–H groups in total. The van der Waals surface area contributed by atoms with E-state index in [4.69, 9.17) is 22.1 Å². The molecule has 0 atom stereocenters. The number of hydrogen-bond donors (Lipinski definition) is 1. The zero-order valence-corrected chi connectivity index (χ0v) is 17.3. The number of rotatable bonds is 6. The highest BCUT2D eigenvalue weighted by atomic mass is 35.5. The van der Waals surface area contributed by atoms with E-state index in [0.29, 0.717) is 23.5 Å². The highest BCUT2D eigenvalue weighted by molar-refractivity contribution is 6.76. The molecule has 26 heavy (non-hydrogen) atoms. The van der Waals surface area contributed by atoms with E-state index >= 15 is 0 Å². The molecule has 0 saturated heterocycles. The smallest absolute Gasteiger partial charge is 0.147 e. The standard InChI is InChI=1S/C18H24ClN5OSi/c1-12-22-17(19)16-14(13-5-6-21-15(20)9-13)10-24(18(16)23-12)11-25-7-8-26(2,3)4/h5-6,9-10H,7-8,11H2,1-4H3,(H2,20,21). The van der Waals surface area contributed by atoms with Crippen molar-refractivity contribution < 1.29 is 4.74 Å². The molecule has 0 aliphatic carbocycles. The van der Waals surface area contributed by atoms with Gasteiger partial charge >= 0.3 is 0 Å². The van der Waals surface area contributed by atoms with Crippen LogP contribution in [0.1, 0.15) is 5.82 Å². The largest absolute Gasteiger partial charge is 0.384 e. The van der Waals surface area contributed by atoms with Gasteiger partial charge in [0.2, 0.25) is 0 Å². The fourth-order valence-corrected chi connectivity index (χ4v) is 3.79. The summed E-state index contributed by atoms with van der Waals surface area (Å²) in [5.74, 6) is 1.09. The molecule has 0 aromatic carbocycles. The van der Waals surface area contributed by atoms with E-state index in [0.717, 1.165) is 34.8 Å². The second-order valence-corrected chi connectivity index (χ2v) is 13.6. The number of hydrogen-bond acceptors (Lipinski definition) is 5. The van der Waals surface area contributed by atoms with E-state index in [9.17, 15) is 0 Å². The lowest BCUT2D eigenvalue weighted by Crippen LogP contribution is -2.22. The van der Waals surface area contributed by atoms with Crippen LogP contribution in [0.2, 0.25) is 30.8 Å². The molecule has 3 aromatic heterocycles. The molecule has 6 nitrogen and oxygen atoms in total. The van der Waals surface area contributed by atoms with Crippen molar-refractivity contribution in [3.63, 3.8) is 0 Å². The van der Waals surface area contributed by atoms with Crippen molar-refractivity contribution in [2.45, 2.75) is 39.3 Å². The maximum absolute atomic E-state index is 6.45. The minimum absolute atomic E-state index is 0.425. The third kappa shape index (κ3) is 4.23. The summed E-state index contributed by atoms with van der Waals surface area (Å²) < 4.78 is 7.89. The Labute approximate surface area is 159 Å². The molecule has 0 spiro atoms. The maximum atomic E-state index is 6.45. The summed E-state index contributed by atoms with van der Waals surface area (Å²) >= 11 is 6.45. The Morgan fingerprint density at radius 2 is 2.04 bits per heavy atom. The Bertz CT molecular complexity index is 935. The average Bonchev–Trinajstić information content (AvgIpc) is 2.89. The maximum Gasteiger partial charge on any atom is 0.147 e. The fraction of sp³-hybridized carbons (Fsp3) is 0.389. The van der Waals surface area contributed by atoms with Crippen LogP contribution >= 0.6 is 11.6 Å². The number of aryl methyl sites for hydroxylation is 1. The van der Waals surface area contributed by atoms with Crippen LogP contribution in [0.4, 0.5) is 5.82 Å². The first-order chi connectivity index (χ1) is 12.2. The number of nitrogen functional groups attached to an aromatic ring is 1. The molecular weight excluding hydrogens is 366 g/mol. The summed E-state index contributed by atoms with van der Waals surface area (Å²) in [4.78, 5) is 13.0. The van der Waals surface area contributed by atoms with Crippen LogP contribution in [-0.4, -0.2) is 34.2 Å². The van der Waals surface area contributed by atoms with Crippen LogP contribution in [0.15, 0.2) is 24.5 Å². The molecule has 3 heterocycles. The molecule has 0 aliphatic heterocycles. The lowest BCUT2D eigenvalue weighted by atomic mass is 10.1. The Balaban J connectivity index is 1.98. The van der Waals surface area contributed by atoms with E-state index in [1.165, 1.54) is 0 Å². The number of nitrogens with two attached hydrogens (primary N) is 1. The lowest BCUT2D eigenvalue weighted by Gasteiger charge is -2.15. The van der Waals surface area contributed by atoms with Gasteiger partial charge in [0.05, 0.1) is 5.39 Å². The van der Waals surface area contributed by atoms with Gasteiger partial charge < -0.3 is 15.0 Å². The molecule has 0 saturated carbocycles. The molecule has 0 radical (unpaired) electrons. The van der Waals surface area contributed by atoms with Crippen molar-refractivity contribution in [1.29, 1.82) is 0 Å². The van der Waals surface area contributed by atoms with Gasteiger partial charge in [0, 0.05) is 32.6 Å².